The van der Waals surface area contributed by atoms with E-state index in [0.29, 0.717) is 5.84 Å². The summed E-state index contributed by atoms with van der Waals surface area (Å²) in [5.74, 6) is 0.692. The molecule has 0 aliphatic carbocycles. The van der Waals surface area contributed by atoms with Crippen molar-refractivity contribution in [1.82, 2.24) is 0 Å². The van der Waals surface area contributed by atoms with E-state index in [1.165, 1.54) is 0 Å². The van der Waals surface area contributed by atoms with Crippen molar-refractivity contribution in [2.75, 3.05) is 0 Å². The lowest BCUT2D eigenvalue weighted by molar-refractivity contribution is 0.475. The molecule has 0 amide bonds. The fourth-order valence-electron chi connectivity index (χ4n) is 1.65. The molecule has 0 aliphatic heterocycles. The lowest BCUT2D eigenvalue weighted by atomic mass is 10.2. The van der Waals surface area contributed by atoms with Crippen molar-refractivity contribution in [3.63, 3.8) is 0 Å². The Hall–Kier alpha value is -2.55. The van der Waals surface area contributed by atoms with Gasteiger partial charge in [-0.3, -0.25) is 0 Å². The molecule has 0 spiro atoms. The van der Waals surface area contributed by atoms with E-state index >= 15 is 0 Å². The molecule has 0 fully saturated rings. The standard InChI is InChI=1S/C16H16N2O/c1-12-3-2-4-14(11-12)18-16(17)10-7-13-5-8-15(19)9-6-13/h2-11,19H,1H3,(H2,17,18)/b10-7+. The van der Waals surface area contributed by atoms with Gasteiger partial charge in [-0.25, -0.2) is 4.99 Å². The van der Waals surface area contributed by atoms with Crippen molar-refractivity contribution in [2.24, 2.45) is 10.7 Å². The van der Waals surface area contributed by atoms with Gasteiger partial charge in [0.1, 0.15) is 11.6 Å². The molecule has 3 nitrogen and oxygen atoms in total. The highest BCUT2D eigenvalue weighted by atomic mass is 16.3. The minimum Gasteiger partial charge on any atom is -0.508 e. The van der Waals surface area contributed by atoms with Gasteiger partial charge in [0.25, 0.3) is 0 Å². The van der Waals surface area contributed by atoms with Crippen molar-refractivity contribution in [2.45, 2.75) is 6.92 Å². The summed E-state index contributed by atoms with van der Waals surface area (Å²) in [5.41, 5.74) is 8.80. The minimum absolute atomic E-state index is 0.249. The third kappa shape index (κ3) is 4.00. The number of aryl methyl sites for hydroxylation is 1. The zero-order valence-corrected chi connectivity index (χ0v) is 10.7. The van der Waals surface area contributed by atoms with E-state index in [1.807, 2.05) is 49.4 Å². The zero-order valence-electron chi connectivity index (χ0n) is 10.7. The summed E-state index contributed by atoms with van der Waals surface area (Å²) >= 11 is 0. The van der Waals surface area contributed by atoms with Gasteiger partial charge in [0.2, 0.25) is 0 Å². The summed E-state index contributed by atoms with van der Waals surface area (Å²) in [6.45, 7) is 2.02. The van der Waals surface area contributed by atoms with E-state index in [0.717, 1.165) is 16.8 Å². The van der Waals surface area contributed by atoms with Gasteiger partial charge in [0, 0.05) is 0 Å². The van der Waals surface area contributed by atoms with E-state index in [9.17, 15) is 5.11 Å². The predicted octanol–water partition coefficient (Wildman–Crippen LogP) is 3.40. The minimum atomic E-state index is 0.249. The maximum atomic E-state index is 9.18. The van der Waals surface area contributed by atoms with E-state index in [4.69, 9.17) is 5.73 Å². The van der Waals surface area contributed by atoms with Crippen LogP contribution < -0.4 is 5.73 Å². The first-order chi connectivity index (χ1) is 9.13. The van der Waals surface area contributed by atoms with Crippen LogP contribution in [0, 0.1) is 6.92 Å². The van der Waals surface area contributed by atoms with Crippen molar-refractivity contribution in [3.05, 3.63) is 65.7 Å². The Morgan fingerprint density at radius 3 is 2.58 bits per heavy atom. The Morgan fingerprint density at radius 1 is 1.16 bits per heavy atom. The summed E-state index contributed by atoms with van der Waals surface area (Å²) in [7, 11) is 0. The second-order valence-electron chi connectivity index (χ2n) is 4.30. The molecule has 0 unspecified atom stereocenters. The molecule has 19 heavy (non-hydrogen) atoms. The van der Waals surface area contributed by atoms with Crippen molar-refractivity contribution in [1.29, 1.82) is 0 Å². The van der Waals surface area contributed by atoms with Gasteiger partial charge in [0.15, 0.2) is 0 Å². The van der Waals surface area contributed by atoms with E-state index in [-0.39, 0.29) is 5.75 Å². The molecular weight excluding hydrogens is 236 g/mol. The van der Waals surface area contributed by atoms with E-state index in [1.54, 1.807) is 18.2 Å². The lowest BCUT2D eigenvalue weighted by Crippen LogP contribution is -2.06. The molecule has 2 aromatic rings. The number of aliphatic imine (C=N–C) groups is 1. The molecule has 0 radical (unpaired) electrons. The molecule has 0 aromatic heterocycles. The highest BCUT2D eigenvalue weighted by molar-refractivity contribution is 5.96. The maximum absolute atomic E-state index is 9.18. The Bertz CT molecular complexity index is 613. The summed E-state index contributed by atoms with van der Waals surface area (Å²) in [4.78, 5) is 4.31. The summed E-state index contributed by atoms with van der Waals surface area (Å²) in [6, 6.07) is 14.7. The molecule has 2 rings (SSSR count). The molecule has 2 aromatic carbocycles. The number of amidine groups is 1. The third-order valence-electron chi connectivity index (χ3n) is 2.60. The number of phenolic OH excluding ortho intramolecular Hbond substituents is 1. The Labute approximate surface area is 112 Å². The number of nitrogens with two attached hydrogens (primary N) is 1. The van der Waals surface area contributed by atoms with E-state index < -0.39 is 0 Å². The first-order valence-corrected chi connectivity index (χ1v) is 6.01. The van der Waals surface area contributed by atoms with Gasteiger partial charge in [0.05, 0.1) is 5.69 Å². The smallest absolute Gasteiger partial charge is 0.124 e. The number of benzene rings is 2. The van der Waals surface area contributed by atoms with E-state index in [2.05, 4.69) is 4.99 Å². The largest absolute Gasteiger partial charge is 0.508 e. The van der Waals surface area contributed by atoms with Crippen molar-refractivity contribution >= 4 is 17.6 Å². The summed E-state index contributed by atoms with van der Waals surface area (Å²) in [6.07, 6.45) is 3.60. The van der Waals surface area contributed by atoms with Crippen LogP contribution in [0.2, 0.25) is 0 Å². The Kier molecular flexibility index (Phi) is 3.98. The van der Waals surface area contributed by atoms with Crippen LogP contribution in [0.4, 0.5) is 5.69 Å². The highest BCUT2D eigenvalue weighted by Crippen LogP contribution is 2.14. The number of hydrogen-bond acceptors (Lipinski definition) is 2. The quantitative estimate of drug-likeness (QED) is 0.649. The van der Waals surface area contributed by atoms with Gasteiger partial charge < -0.3 is 10.8 Å². The van der Waals surface area contributed by atoms with Crippen LogP contribution >= 0.6 is 0 Å². The zero-order chi connectivity index (χ0) is 13.7. The van der Waals surface area contributed by atoms with Crippen LogP contribution in [0.15, 0.2) is 59.6 Å². The average molecular weight is 252 g/mol. The fourth-order valence-corrected chi connectivity index (χ4v) is 1.65. The van der Waals surface area contributed by atoms with Gasteiger partial charge in [-0.2, -0.15) is 0 Å². The normalized spacial score (nSPS) is 11.9. The lowest BCUT2D eigenvalue weighted by Gasteiger charge is -1.98. The fraction of sp³-hybridized carbons (Fsp3) is 0.0625. The van der Waals surface area contributed by atoms with Crippen LogP contribution in [0.1, 0.15) is 11.1 Å². The van der Waals surface area contributed by atoms with Crippen molar-refractivity contribution in [3.8, 4) is 5.75 Å². The monoisotopic (exact) mass is 252 g/mol. The topological polar surface area (TPSA) is 58.6 Å². The average Bonchev–Trinajstić information content (AvgIpc) is 2.38. The molecular formula is C16H16N2O. The predicted molar refractivity (Wildman–Crippen MR) is 79.6 cm³/mol. The number of hydrogen-bond donors (Lipinski definition) is 2. The summed E-state index contributed by atoms with van der Waals surface area (Å²) < 4.78 is 0. The molecule has 3 N–H and O–H groups in total. The Morgan fingerprint density at radius 2 is 1.89 bits per heavy atom. The van der Waals surface area contributed by atoms with Gasteiger partial charge >= 0.3 is 0 Å². The first-order valence-electron chi connectivity index (χ1n) is 6.01. The number of aromatic hydroxyl groups is 1. The molecule has 0 bridgehead atoms. The molecule has 96 valence electrons. The first kappa shape index (κ1) is 12.9. The molecule has 0 atom stereocenters. The van der Waals surface area contributed by atoms with Gasteiger partial charge in [-0.05, 0) is 48.4 Å². The number of phenols is 1. The molecule has 0 aliphatic rings. The molecule has 0 heterocycles. The summed E-state index contributed by atoms with van der Waals surface area (Å²) in [5, 5.41) is 9.18. The second-order valence-corrected chi connectivity index (χ2v) is 4.30. The highest BCUT2D eigenvalue weighted by Gasteiger charge is 1.92. The second kappa shape index (κ2) is 5.87. The van der Waals surface area contributed by atoms with Crippen LogP contribution in [-0.2, 0) is 0 Å². The third-order valence-corrected chi connectivity index (χ3v) is 2.60. The Balaban J connectivity index is 2.12. The van der Waals surface area contributed by atoms with Crippen LogP contribution in [0.5, 0.6) is 5.75 Å². The maximum Gasteiger partial charge on any atom is 0.124 e. The number of nitrogens with zero attached hydrogens (tertiary/aromatic N) is 1. The van der Waals surface area contributed by atoms with Crippen molar-refractivity contribution < 1.29 is 5.11 Å². The van der Waals surface area contributed by atoms with Crippen LogP contribution in [0.25, 0.3) is 6.08 Å². The molecule has 0 saturated heterocycles. The van der Waals surface area contributed by atoms with Gasteiger partial charge in [-0.15, -0.1) is 0 Å². The van der Waals surface area contributed by atoms with Crippen LogP contribution in [0.3, 0.4) is 0 Å². The molecule has 3 heteroatoms. The molecule has 0 saturated carbocycles. The van der Waals surface area contributed by atoms with Gasteiger partial charge in [-0.1, -0.05) is 30.3 Å². The number of rotatable bonds is 3. The SMILES string of the molecule is Cc1cccc(N=C(N)/C=C/c2ccc(O)cc2)c1. The van der Waals surface area contributed by atoms with Crippen LogP contribution in [-0.4, -0.2) is 10.9 Å².